The molecule has 124 valence electrons. The van der Waals surface area contributed by atoms with Crippen LogP contribution < -0.4 is 5.32 Å². The Kier molecular flexibility index (Phi) is 4.22. The van der Waals surface area contributed by atoms with Crippen LogP contribution in [-0.2, 0) is 9.53 Å². The van der Waals surface area contributed by atoms with Crippen molar-refractivity contribution in [1.29, 1.82) is 0 Å². The zero-order valence-electron chi connectivity index (χ0n) is 14.7. The van der Waals surface area contributed by atoms with Crippen LogP contribution in [0.4, 0.5) is 0 Å². The maximum atomic E-state index is 12.0. The van der Waals surface area contributed by atoms with Crippen LogP contribution in [0.3, 0.4) is 0 Å². The first-order valence-corrected chi connectivity index (χ1v) is 8.73. The molecule has 1 fully saturated rings. The highest BCUT2D eigenvalue weighted by Gasteiger charge is 2.43. The number of hydrogen-bond donors (Lipinski definition) is 1. The molecule has 2 aliphatic rings. The third kappa shape index (κ3) is 2.77. The zero-order valence-corrected chi connectivity index (χ0v) is 14.7. The Morgan fingerprint density at radius 3 is 2.83 bits per heavy atom. The van der Waals surface area contributed by atoms with Gasteiger partial charge in [0.05, 0.1) is 6.61 Å². The molecule has 1 aliphatic carbocycles. The van der Waals surface area contributed by atoms with Gasteiger partial charge in [0, 0.05) is 28.8 Å². The average Bonchev–Trinajstić information content (AvgIpc) is 2.49. The molecule has 0 amide bonds. The van der Waals surface area contributed by atoms with E-state index in [1.165, 1.54) is 41.5 Å². The molecule has 1 saturated carbocycles. The van der Waals surface area contributed by atoms with Crippen molar-refractivity contribution >= 4 is 11.7 Å². The van der Waals surface area contributed by atoms with Gasteiger partial charge < -0.3 is 10.1 Å². The van der Waals surface area contributed by atoms with E-state index in [2.05, 4.69) is 38.2 Å². The highest BCUT2D eigenvalue weighted by Crippen LogP contribution is 2.49. The van der Waals surface area contributed by atoms with Crippen molar-refractivity contribution in [2.45, 2.75) is 64.8 Å². The Balaban J connectivity index is 2.17. The molecule has 2 atom stereocenters. The molecular weight excluding hydrogens is 286 g/mol. The van der Waals surface area contributed by atoms with Gasteiger partial charge in [-0.05, 0) is 57.2 Å². The van der Waals surface area contributed by atoms with Crippen LogP contribution in [0, 0.1) is 13.8 Å². The number of carbonyl (C=O) groups excluding carboxylic acids is 1. The normalized spacial score (nSPS) is 27.8. The topological polar surface area (TPSA) is 38.3 Å². The summed E-state index contributed by atoms with van der Waals surface area (Å²) < 4.78 is 5.14. The lowest BCUT2D eigenvalue weighted by atomic mass is 9.65. The SMILES string of the molecule is CCOC(=O)/C=C1\N[C@]2(C)CCCC[C@@H]2c2c(C)ccc(C)c21. The van der Waals surface area contributed by atoms with Gasteiger partial charge in [-0.1, -0.05) is 25.0 Å². The quantitative estimate of drug-likeness (QED) is 0.656. The molecule has 0 saturated heterocycles. The summed E-state index contributed by atoms with van der Waals surface area (Å²) in [6, 6.07) is 4.37. The first-order valence-electron chi connectivity index (χ1n) is 8.73. The second-order valence-corrected chi connectivity index (χ2v) is 7.14. The van der Waals surface area contributed by atoms with Crippen molar-refractivity contribution in [2.24, 2.45) is 0 Å². The van der Waals surface area contributed by atoms with Crippen LogP contribution in [-0.4, -0.2) is 18.1 Å². The predicted octanol–water partition coefficient (Wildman–Crippen LogP) is 4.23. The lowest BCUT2D eigenvalue weighted by molar-refractivity contribution is -0.137. The summed E-state index contributed by atoms with van der Waals surface area (Å²) in [5, 5.41) is 3.71. The Morgan fingerprint density at radius 2 is 2.09 bits per heavy atom. The van der Waals surface area contributed by atoms with Crippen LogP contribution in [0.25, 0.3) is 5.70 Å². The fourth-order valence-electron chi connectivity index (χ4n) is 4.37. The summed E-state index contributed by atoms with van der Waals surface area (Å²) in [5.74, 6) is 0.255. The average molecular weight is 313 g/mol. The molecular formula is C20H27NO2. The second-order valence-electron chi connectivity index (χ2n) is 7.14. The van der Waals surface area contributed by atoms with E-state index >= 15 is 0 Å². The fourth-order valence-corrected chi connectivity index (χ4v) is 4.37. The largest absolute Gasteiger partial charge is 0.463 e. The van der Waals surface area contributed by atoms with Gasteiger partial charge in [0.2, 0.25) is 0 Å². The molecule has 0 aromatic heterocycles. The number of aryl methyl sites for hydroxylation is 2. The molecule has 23 heavy (non-hydrogen) atoms. The Hall–Kier alpha value is -1.77. The van der Waals surface area contributed by atoms with E-state index in [-0.39, 0.29) is 11.5 Å². The van der Waals surface area contributed by atoms with Crippen molar-refractivity contribution in [3.63, 3.8) is 0 Å². The van der Waals surface area contributed by atoms with Gasteiger partial charge in [0.25, 0.3) is 0 Å². The maximum Gasteiger partial charge on any atom is 0.332 e. The number of nitrogens with one attached hydrogen (secondary N) is 1. The standard InChI is InChI=1S/C20H27NO2/c1-5-23-17(22)12-16-19-14(3)10-9-13(2)18(19)15-8-6-7-11-20(15,4)21-16/h9-10,12,15,21H,5-8,11H2,1-4H3/b16-12-/t15-,20-/m1/s1. The molecule has 0 unspecified atom stereocenters. The van der Waals surface area contributed by atoms with Crippen molar-refractivity contribution < 1.29 is 9.53 Å². The van der Waals surface area contributed by atoms with E-state index in [0.29, 0.717) is 12.5 Å². The third-order valence-electron chi connectivity index (χ3n) is 5.47. The molecule has 1 heterocycles. The van der Waals surface area contributed by atoms with Crippen molar-refractivity contribution in [2.75, 3.05) is 6.61 Å². The lowest BCUT2D eigenvalue weighted by Crippen LogP contribution is -2.52. The summed E-state index contributed by atoms with van der Waals surface area (Å²) in [6.45, 7) is 8.88. The monoisotopic (exact) mass is 313 g/mol. The summed E-state index contributed by atoms with van der Waals surface area (Å²) in [7, 11) is 0. The summed E-state index contributed by atoms with van der Waals surface area (Å²) in [4.78, 5) is 12.0. The summed E-state index contributed by atoms with van der Waals surface area (Å²) in [5.41, 5.74) is 6.16. The number of esters is 1. The van der Waals surface area contributed by atoms with E-state index in [9.17, 15) is 4.79 Å². The van der Waals surface area contributed by atoms with Crippen LogP contribution >= 0.6 is 0 Å². The van der Waals surface area contributed by atoms with E-state index in [1.54, 1.807) is 6.08 Å². The molecule has 1 aliphatic heterocycles. The number of fused-ring (bicyclic) bond motifs is 3. The van der Waals surface area contributed by atoms with Crippen molar-refractivity contribution in [3.05, 3.63) is 40.5 Å². The molecule has 3 rings (SSSR count). The van der Waals surface area contributed by atoms with E-state index in [4.69, 9.17) is 4.74 Å². The maximum absolute atomic E-state index is 12.0. The minimum atomic E-state index is -0.264. The number of ether oxygens (including phenoxy) is 1. The van der Waals surface area contributed by atoms with Gasteiger partial charge >= 0.3 is 5.97 Å². The first-order chi connectivity index (χ1) is 11.0. The van der Waals surface area contributed by atoms with Crippen molar-refractivity contribution in [1.82, 2.24) is 5.32 Å². The van der Waals surface area contributed by atoms with Gasteiger partial charge in [-0.25, -0.2) is 4.79 Å². The summed E-state index contributed by atoms with van der Waals surface area (Å²) >= 11 is 0. The molecule has 3 heteroatoms. The molecule has 0 bridgehead atoms. The smallest absolute Gasteiger partial charge is 0.332 e. The third-order valence-corrected chi connectivity index (χ3v) is 5.47. The van der Waals surface area contributed by atoms with Crippen molar-refractivity contribution in [3.8, 4) is 0 Å². The van der Waals surface area contributed by atoms with Crippen LogP contribution in [0.1, 0.15) is 67.7 Å². The van der Waals surface area contributed by atoms with Crippen LogP contribution in [0.2, 0.25) is 0 Å². The second kappa shape index (κ2) is 6.03. The van der Waals surface area contributed by atoms with Gasteiger partial charge in [-0.15, -0.1) is 0 Å². The van der Waals surface area contributed by atoms with Gasteiger partial charge in [0.1, 0.15) is 0 Å². The van der Waals surface area contributed by atoms with Gasteiger partial charge in [0.15, 0.2) is 0 Å². The fraction of sp³-hybridized carbons (Fsp3) is 0.550. The predicted molar refractivity (Wildman–Crippen MR) is 93.3 cm³/mol. The highest BCUT2D eigenvalue weighted by molar-refractivity contribution is 5.93. The minimum absolute atomic E-state index is 0.0299. The molecule has 1 N–H and O–H groups in total. The van der Waals surface area contributed by atoms with Crippen LogP contribution in [0.15, 0.2) is 18.2 Å². The van der Waals surface area contributed by atoms with E-state index in [1.807, 2.05) is 6.92 Å². The minimum Gasteiger partial charge on any atom is -0.463 e. The molecule has 0 spiro atoms. The number of rotatable bonds is 2. The molecule has 0 radical (unpaired) electrons. The molecule has 1 aromatic rings. The summed E-state index contributed by atoms with van der Waals surface area (Å²) in [6.07, 6.45) is 6.53. The van der Waals surface area contributed by atoms with E-state index in [0.717, 1.165) is 12.1 Å². The lowest BCUT2D eigenvalue weighted by Gasteiger charge is -2.49. The Bertz CT molecular complexity index is 662. The number of carbonyl (C=O) groups is 1. The van der Waals surface area contributed by atoms with E-state index < -0.39 is 0 Å². The Morgan fingerprint density at radius 1 is 1.35 bits per heavy atom. The van der Waals surface area contributed by atoms with Gasteiger partial charge in [-0.2, -0.15) is 0 Å². The number of benzene rings is 1. The van der Waals surface area contributed by atoms with Crippen LogP contribution in [0.5, 0.6) is 0 Å². The number of hydrogen-bond acceptors (Lipinski definition) is 3. The first kappa shape index (κ1) is 16.1. The Labute approximate surface area is 139 Å². The van der Waals surface area contributed by atoms with Gasteiger partial charge in [-0.3, -0.25) is 0 Å². The molecule has 1 aromatic carbocycles. The molecule has 3 nitrogen and oxygen atoms in total. The highest BCUT2D eigenvalue weighted by atomic mass is 16.5. The zero-order chi connectivity index (χ0) is 16.6.